The highest BCUT2D eigenvalue weighted by atomic mass is 15.3. The Labute approximate surface area is 154 Å². The molecule has 132 valence electrons. The van der Waals surface area contributed by atoms with Crippen LogP contribution in [-0.4, -0.2) is 29.3 Å². The molecular formula is C21H23N5. The van der Waals surface area contributed by atoms with Crippen molar-refractivity contribution in [2.24, 2.45) is 5.10 Å². The summed E-state index contributed by atoms with van der Waals surface area (Å²) in [6.07, 6.45) is 5.35. The van der Waals surface area contributed by atoms with Crippen molar-refractivity contribution in [3.63, 3.8) is 0 Å². The lowest BCUT2D eigenvalue weighted by molar-refractivity contribution is 0.866. The van der Waals surface area contributed by atoms with Gasteiger partial charge in [0.05, 0.1) is 6.21 Å². The minimum Gasteiger partial charge on any atom is -0.372 e. The second-order valence-electron chi connectivity index (χ2n) is 5.80. The fourth-order valence-corrected chi connectivity index (χ4v) is 2.69. The number of nitrogens with zero attached hydrogens (tertiary/aromatic N) is 4. The summed E-state index contributed by atoms with van der Waals surface area (Å²) in [6, 6.07) is 18.4. The molecule has 0 unspecified atom stereocenters. The molecule has 2 aromatic carbocycles. The summed E-state index contributed by atoms with van der Waals surface area (Å²) in [6.45, 7) is 6.32. The van der Waals surface area contributed by atoms with E-state index in [2.05, 4.69) is 63.5 Å². The number of hydrogen-bond donors (Lipinski definition) is 1. The molecule has 0 bridgehead atoms. The number of anilines is 2. The largest absolute Gasteiger partial charge is 0.372 e. The Morgan fingerprint density at radius 2 is 1.54 bits per heavy atom. The first-order valence-corrected chi connectivity index (χ1v) is 8.81. The smallest absolute Gasteiger partial charge is 0.243 e. The van der Waals surface area contributed by atoms with Gasteiger partial charge in [-0.15, -0.1) is 0 Å². The van der Waals surface area contributed by atoms with Gasteiger partial charge in [0.25, 0.3) is 0 Å². The molecule has 26 heavy (non-hydrogen) atoms. The van der Waals surface area contributed by atoms with Gasteiger partial charge in [-0.1, -0.05) is 42.5 Å². The van der Waals surface area contributed by atoms with Crippen LogP contribution in [0, 0.1) is 0 Å². The van der Waals surface area contributed by atoms with Gasteiger partial charge in [-0.2, -0.15) is 5.10 Å². The molecule has 0 atom stereocenters. The Morgan fingerprint density at radius 3 is 2.15 bits per heavy atom. The zero-order valence-corrected chi connectivity index (χ0v) is 15.1. The van der Waals surface area contributed by atoms with Crippen LogP contribution in [0.15, 0.2) is 72.1 Å². The predicted molar refractivity (Wildman–Crippen MR) is 109 cm³/mol. The quantitative estimate of drug-likeness (QED) is 0.508. The highest BCUT2D eigenvalue weighted by Crippen LogP contribution is 2.17. The van der Waals surface area contributed by atoms with Gasteiger partial charge >= 0.3 is 0 Å². The van der Waals surface area contributed by atoms with E-state index in [9.17, 15) is 0 Å². The van der Waals surface area contributed by atoms with Crippen LogP contribution in [0.4, 0.5) is 11.6 Å². The molecule has 0 aliphatic carbocycles. The maximum absolute atomic E-state index is 4.30. The fourth-order valence-electron chi connectivity index (χ4n) is 2.69. The zero-order chi connectivity index (χ0) is 18.2. The monoisotopic (exact) mass is 345 g/mol. The van der Waals surface area contributed by atoms with Crippen molar-refractivity contribution in [1.82, 2.24) is 9.97 Å². The van der Waals surface area contributed by atoms with E-state index in [1.54, 1.807) is 18.6 Å². The first-order valence-electron chi connectivity index (χ1n) is 8.81. The van der Waals surface area contributed by atoms with Gasteiger partial charge in [-0.05, 0) is 37.1 Å². The summed E-state index contributed by atoms with van der Waals surface area (Å²) in [5.41, 5.74) is 7.19. The number of aromatic nitrogens is 2. The highest BCUT2D eigenvalue weighted by molar-refractivity contribution is 5.80. The topological polar surface area (TPSA) is 53.4 Å². The maximum atomic E-state index is 4.30. The van der Waals surface area contributed by atoms with Crippen molar-refractivity contribution in [2.75, 3.05) is 23.4 Å². The Bertz CT molecular complexity index is 823. The van der Waals surface area contributed by atoms with Crippen LogP contribution in [0.25, 0.3) is 11.1 Å². The lowest BCUT2D eigenvalue weighted by Crippen LogP contribution is -2.21. The summed E-state index contributed by atoms with van der Waals surface area (Å²) in [5, 5.41) is 4.22. The predicted octanol–water partition coefficient (Wildman–Crippen LogP) is 4.44. The van der Waals surface area contributed by atoms with Crippen LogP contribution in [0.2, 0.25) is 0 Å². The van der Waals surface area contributed by atoms with Crippen molar-refractivity contribution in [3.8, 4) is 11.1 Å². The minimum absolute atomic E-state index is 0.473. The summed E-state index contributed by atoms with van der Waals surface area (Å²) in [7, 11) is 0. The van der Waals surface area contributed by atoms with E-state index in [0.29, 0.717) is 5.95 Å². The van der Waals surface area contributed by atoms with Crippen LogP contribution in [0.3, 0.4) is 0 Å². The highest BCUT2D eigenvalue weighted by Gasteiger charge is 2.01. The van der Waals surface area contributed by atoms with E-state index in [-0.39, 0.29) is 0 Å². The third-order valence-electron chi connectivity index (χ3n) is 4.16. The van der Waals surface area contributed by atoms with Crippen LogP contribution >= 0.6 is 0 Å². The van der Waals surface area contributed by atoms with E-state index in [1.165, 1.54) is 5.69 Å². The van der Waals surface area contributed by atoms with E-state index in [0.717, 1.165) is 29.8 Å². The minimum atomic E-state index is 0.473. The molecule has 3 rings (SSSR count). The summed E-state index contributed by atoms with van der Waals surface area (Å²) >= 11 is 0. The van der Waals surface area contributed by atoms with E-state index >= 15 is 0 Å². The van der Waals surface area contributed by atoms with Gasteiger partial charge in [-0.3, -0.25) is 0 Å². The molecule has 1 N–H and O–H groups in total. The molecule has 1 heterocycles. The molecule has 3 aromatic rings. The molecule has 5 heteroatoms. The van der Waals surface area contributed by atoms with Gasteiger partial charge < -0.3 is 4.90 Å². The van der Waals surface area contributed by atoms with Crippen LogP contribution in [0.1, 0.15) is 19.4 Å². The fraction of sp³-hybridized carbons (Fsp3) is 0.190. The van der Waals surface area contributed by atoms with Crippen LogP contribution < -0.4 is 10.3 Å². The van der Waals surface area contributed by atoms with Crippen molar-refractivity contribution in [2.45, 2.75) is 13.8 Å². The summed E-state index contributed by atoms with van der Waals surface area (Å²) < 4.78 is 0. The van der Waals surface area contributed by atoms with E-state index in [4.69, 9.17) is 0 Å². The molecule has 0 aliphatic rings. The molecular weight excluding hydrogens is 322 g/mol. The number of hydrazone groups is 1. The lowest BCUT2D eigenvalue weighted by atomic mass is 10.1. The Hall–Kier alpha value is -3.21. The van der Waals surface area contributed by atoms with Gasteiger partial charge in [0.15, 0.2) is 0 Å². The molecule has 0 fully saturated rings. The normalized spacial score (nSPS) is 10.8. The number of nitrogens with one attached hydrogen (secondary N) is 1. The first kappa shape index (κ1) is 17.6. The maximum Gasteiger partial charge on any atom is 0.243 e. The third kappa shape index (κ3) is 4.45. The Balaban J connectivity index is 1.60. The van der Waals surface area contributed by atoms with Gasteiger partial charge in [-0.25, -0.2) is 15.4 Å². The van der Waals surface area contributed by atoms with Crippen molar-refractivity contribution < 1.29 is 0 Å². The van der Waals surface area contributed by atoms with E-state index in [1.807, 2.05) is 30.3 Å². The molecule has 5 nitrogen and oxygen atoms in total. The van der Waals surface area contributed by atoms with Crippen LogP contribution in [-0.2, 0) is 0 Å². The number of rotatable bonds is 7. The van der Waals surface area contributed by atoms with Gasteiger partial charge in [0, 0.05) is 36.7 Å². The molecule has 0 radical (unpaired) electrons. The molecule has 0 spiro atoms. The first-order chi connectivity index (χ1) is 12.8. The van der Waals surface area contributed by atoms with Crippen molar-refractivity contribution in [1.29, 1.82) is 0 Å². The van der Waals surface area contributed by atoms with E-state index < -0.39 is 0 Å². The average molecular weight is 345 g/mol. The summed E-state index contributed by atoms with van der Waals surface area (Å²) in [5.74, 6) is 0.473. The Kier molecular flexibility index (Phi) is 5.93. The number of benzene rings is 2. The molecule has 1 aromatic heterocycles. The average Bonchev–Trinajstić information content (AvgIpc) is 2.71. The third-order valence-corrected chi connectivity index (χ3v) is 4.16. The standard InChI is InChI=1S/C21H23N5/c1-3-26(4-2)20-12-10-17(11-13-20)14-24-25-21-22-15-19(16-23-21)18-8-6-5-7-9-18/h5-16H,3-4H2,1-2H3,(H,22,23,25). The molecule has 0 aliphatic heterocycles. The van der Waals surface area contributed by atoms with Crippen LogP contribution in [0.5, 0.6) is 0 Å². The van der Waals surface area contributed by atoms with Crippen molar-refractivity contribution >= 4 is 17.9 Å². The SMILES string of the molecule is CCN(CC)c1ccc(C=NNc2ncc(-c3ccccc3)cn2)cc1. The Morgan fingerprint density at radius 1 is 0.885 bits per heavy atom. The van der Waals surface area contributed by atoms with Gasteiger partial charge in [0.1, 0.15) is 0 Å². The molecule has 0 saturated carbocycles. The summed E-state index contributed by atoms with van der Waals surface area (Å²) in [4.78, 5) is 10.9. The zero-order valence-electron chi connectivity index (χ0n) is 15.1. The van der Waals surface area contributed by atoms with Gasteiger partial charge in [0.2, 0.25) is 5.95 Å². The second kappa shape index (κ2) is 8.76. The number of hydrogen-bond acceptors (Lipinski definition) is 5. The second-order valence-corrected chi connectivity index (χ2v) is 5.80. The molecule has 0 saturated heterocycles. The lowest BCUT2D eigenvalue weighted by Gasteiger charge is -2.20. The molecule has 0 amide bonds. The van der Waals surface area contributed by atoms with Crippen molar-refractivity contribution in [3.05, 3.63) is 72.6 Å².